The summed E-state index contributed by atoms with van der Waals surface area (Å²) in [6.45, 7) is 6.62. The fraction of sp³-hybridized carbons (Fsp3) is 0.571. The molecule has 0 aromatic heterocycles. The topological polar surface area (TPSA) is 0 Å². The molecule has 0 aliphatic carbocycles. The van der Waals surface area contributed by atoms with Gasteiger partial charge < -0.3 is 0 Å². The van der Waals surface area contributed by atoms with Crippen LogP contribution in [-0.2, 0) is 6.42 Å². The fourth-order valence-corrected chi connectivity index (χ4v) is 4.17. The number of aryl methyl sites for hydroxylation is 2. The molecule has 0 heterocycles. The number of rotatable bonds is 5. The minimum Gasteiger partial charge on any atom is -0.0922 e. The van der Waals surface area contributed by atoms with E-state index >= 15 is 0 Å². The molecule has 0 nitrogen and oxygen atoms in total. The first-order valence-electron chi connectivity index (χ1n) is 5.74. The van der Waals surface area contributed by atoms with Gasteiger partial charge in [0.2, 0.25) is 0 Å². The van der Waals surface area contributed by atoms with Crippen LogP contribution in [0.3, 0.4) is 0 Å². The van der Waals surface area contributed by atoms with Crippen molar-refractivity contribution in [3.05, 3.63) is 34.9 Å². The second-order valence-corrected chi connectivity index (χ2v) is 5.92. The van der Waals surface area contributed by atoms with Crippen LogP contribution in [0, 0.1) is 19.3 Å². The monoisotopic (exact) mass is 346 g/mol. The van der Waals surface area contributed by atoms with Crippen LogP contribution in [0.5, 0.6) is 0 Å². The molecule has 0 spiro atoms. The Kier molecular flexibility index (Phi) is 5.52. The molecular formula is C14H20Br2. The van der Waals surface area contributed by atoms with Gasteiger partial charge in [-0.15, -0.1) is 0 Å². The first-order chi connectivity index (χ1) is 7.55. The van der Waals surface area contributed by atoms with Crippen molar-refractivity contribution in [3.63, 3.8) is 0 Å². The molecule has 0 N–H and O–H groups in total. The molecule has 90 valence electrons. The van der Waals surface area contributed by atoms with Crippen molar-refractivity contribution in [3.8, 4) is 0 Å². The van der Waals surface area contributed by atoms with Crippen LogP contribution in [0.1, 0.15) is 30.0 Å². The van der Waals surface area contributed by atoms with Crippen LogP contribution < -0.4 is 0 Å². The van der Waals surface area contributed by atoms with Crippen molar-refractivity contribution in [2.75, 3.05) is 10.7 Å². The van der Waals surface area contributed by atoms with Gasteiger partial charge in [-0.1, -0.05) is 68.1 Å². The smallest absolute Gasteiger partial charge is 0.00990 e. The Morgan fingerprint density at radius 1 is 1.00 bits per heavy atom. The zero-order chi connectivity index (χ0) is 12.2. The Hall–Kier alpha value is 0.180. The fourth-order valence-electron chi connectivity index (χ4n) is 2.05. The molecule has 1 rings (SSSR count). The van der Waals surface area contributed by atoms with E-state index in [0.29, 0.717) is 5.41 Å². The molecular weight excluding hydrogens is 328 g/mol. The molecule has 1 aromatic rings. The van der Waals surface area contributed by atoms with Crippen molar-refractivity contribution < 1.29 is 0 Å². The lowest BCUT2D eigenvalue weighted by Crippen LogP contribution is -2.26. The SMILES string of the molecule is CCC(CBr)(CBr)Cc1cc(C)cc(C)c1. The van der Waals surface area contributed by atoms with Gasteiger partial charge in [0.25, 0.3) is 0 Å². The molecule has 0 unspecified atom stereocenters. The van der Waals surface area contributed by atoms with E-state index < -0.39 is 0 Å². The molecule has 0 saturated carbocycles. The minimum atomic E-state index is 0.347. The van der Waals surface area contributed by atoms with E-state index in [2.05, 4.69) is 70.8 Å². The van der Waals surface area contributed by atoms with E-state index in [0.717, 1.165) is 17.1 Å². The van der Waals surface area contributed by atoms with Gasteiger partial charge in [0.15, 0.2) is 0 Å². The van der Waals surface area contributed by atoms with E-state index in [9.17, 15) is 0 Å². The van der Waals surface area contributed by atoms with Gasteiger partial charge in [-0.3, -0.25) is 0 Å². The number of halogens is 2. The highest BCUT2D eigenvalue weighted by atomic mass is 79.9. The predicted octanol–water partition coefficient (Wildman–Crippen LogP) is 5.03. The largest absolute Gasteiger partial charge is 0.0922 e. The Balaban J connectivity index is 2.93. The van der Waals surface area contributed by atoms with Crippen molar-refractivity contribution >= 4 is 31.9 Å². The first-order valence-corrected chi connectivity index (χ1v) is 7.98. The molecule has 0 aliphatic heterocycles. The van der Waals surface area contributed by atoms with Gasteiger partial charge in [-0.05, 0) is 37.7 Å². The van der Waals surface area contributed by atoms with Gasteiger partial charge in [0, 0.05) is 10.7 Å². The van der Waals surface area contributed by atoms with E-state index in [4.69, 9.17) is 0 Å². The van der Waals surface area contributed by atoms with Gasteiger partial charge in [-0.2, -0.15) is 0 Å². The summed E-state index contributed by atoms with van der Waals surface area (Å²) in [4.78, 5) is 0. The average molecular weight is 348 g/mol. The number of hydrogen-bond acceptors (Lipinski definition) is 0. The van der Waals surface area contributed by atoms with Crippen molar-refractivity contribution in [2.24, 2.45) is 5.41 Å². The van der Waals surface area contributed by atoms with Gasteiger partial charge in [-0.25, -0.2) is 0 Å². The minimum absolute atomic E-state index is 0.347. The normalized spacial score (nSPS) is 11.8. The number of benzene rings is 1. The molecule has 1 aromatic carbocycles. The predicted molar refractivity (Wildman–Crippen MR) is 79.9 cm³/mol. The Morgan fingerprint density at radius 3 is 1.88 bits per heavy atom. The van der Waals surface area contributed by atoms with Crippen molar-refractivity contribution in [2.45, 2.75) is 33.6 Å². The summed E-state index contributed by atoms with van der Waals surface area (Å²) >= 11 is 7.32. The zero-order valence-corrected chi connectivity index (χ0v) is 13.5. The standard InChI is InChI=1S/C14H20Br2/c1-4-14(9-15,10-16)8-13-6-11(2)5-12(3)7-13/h5-7H,4,8-10H2,1-3H3. The van der Waals surface area contributed by atoms with Crippen LogP contribution in [0.4, 0.5) is 0 Å². The van der Waals surface area contributed by atoms with Crippen LogP contribution in [-0.4, -0.2) is 10.7 Å². The van der Waals surface area contributed by atoms with Crippen LogP contribution in [0.25, 0.3) is 0 Å². The second kappa shape index (κ2) is 6.20. The maximum atomic E-state index is 3.66. The van der Waals surface area contributed by atoms with E-state index in [1.54, 1.807) is 0 Å². The van der Waals surface area contributed by atoms with Gasteiger partial charge >= 0.3 is 0 Å². The molecule has 2 heteroatoms. The van der Waals surface area contributed by atoms with Crippen LogP contribution in [0.15, 0.2) is 18.2 Å². The van der Waals surface area contributed by atoms with Crippen molar-refractivity contribution in [1.82, 2.24) is 0 Å². The Labute approximate surface area is 116 Å². The lowest BCUT2D eigenvalue weighted by atomic mass is 9.82. The third-order valence-electron chi connectivity index (χ3n) is 3.18. The highest BCUT2D eigenvalue weighted by molar-refractivity contribution is 9.09. The van der Waals surface area contributed by atoms with E-state index in [1.165, 1.54) is 23.1 Å². The summed E-state index contributed by atoms with van der Waals surface area (Å²) in [5.41, 5.74) is 4.53. The summed E-state index contributed by atoms with van der Waals surface area (Å²) in [7, 11) is 0. The Morgan fingerprint density at radius 2 is 1.50 bits per heavy atom. The first kappa shape index (κ1) is 14.2. The third-order valence-corrected chi connectivity index (χ3v) is 5.56. The molecule has 0 atom stereocenters. The lowest BCUT2D eigenvalue weighted by molar-refractivity contribution is 0.373. The zero-order valence-electron chi connectivity index (χ0n) is 10.3. The molecule has 0 radical (unpaired) electrons. The number of hydrogen-bond donors (Lipinski definition) is 0. The maximum absolute atomic E-state index is 3.66. The second-order valence-electron chi connectivity index (χ2n) is 4.79. The maximum Gasteiger partial charge on any atom is 0.00990 e. The third kappa shape index (κ3) is 3.59. The molecule has 16 heavy (non-hydrogen) atoms. The Bertz CT molecular complexity index is 312. The van der Waals surface area contributed by atoms with Gasteiger partial charge in [0.1, 0.15) is 0 Å². The molecule has 0 bridgehead atoms. The summed E-state index contributed by atoms with van der Waals surface area (Å²) in [5.74, 6) is 0. The van der Waals surface area contributed by atoms with Crippen LogP contribution in [0.2, 0.25) is 0 Å². The molecule has 0 aliphatic rings. The van der Waals surface area contributed by atoms with E-state index in [-0.39, 0.29) is 0 Å². The molecule has 0 saturated heterocycles. The lowest BCUT2D eigenvalue weighted by Gasteiger charge is -2.29. The quantitative estimate of drug-likeness (QED) is 0.655. The number of alkyl halides is 2. The summed E-state index contributed by atoms with van der Waals surface area (Å²) in [5, 5.41) is 2.10. The average Bonchev–Trinajstić information content (AvgIpc) is 2.25. The summed E-state index contributed by atoms with van der Waals surface area (Å²) in [6, 6.07) is 6.85. The highest BCUT2D eigenvalue weighted by Gasteiger charge is 2.26. The van der Waals surface area contributed by atoms with Gasteiger partial charge in [0.05, 0.1) is 0 Å². The summed E-state index contributed by atoms with van der Waals surface area (Å²) < 4.78 is 0. The summed E-state index contributed by atoms with van der Waals surface area (Å²) in [6.07, 6.45) is 2.33. The molecule has 0 fully saturated rings. The van der Waals surface area contributed by atoms with Crippen molar-refractivity contribution in [1.29, 1.82) is 0 Å². The van der Waals surface area contributed by atoms with Crippen LogP contribution >= 0.6 is 31.9 Å². The highest BCUT2D eigenvalue weighted by Crippen LogP contribution is 2.32. The van der Waals surface area contributed by atoms with E-state index in [1.807, 2.05) is 0 Å². The molecule has 0 amide bonds.